The van der Waals surface area contributed by atoms with E-state index in [1.54, 1.807) is 0 Å². The van der Waals surface area contributed by atoms with Gasteiger partial charge in [-0.3, -0.25) is 4.98 Å². The number of alkyl halides is 1. The molecule has 1 fully saturated rings. The molecular weight excluding hydrogens is 236 g/mol. The van der Waals surface area contributed by atoms with E-state index in [2.05, 4.69) is 29.8 Å². The lowest BCUT2D eigenvalue weighted by molar-refractivity contribution is 0.0643. The maximum atomic E-state index is 6.00. The fourth-order valence-electron chi connectivity index (χ4n) is 2.23. The number of halogens is 1. The zero-order valence-corrected chi connectivity index (χ0v) is 11.4. The Bertz CT molecular complexity index is 406. The van der Waals surface area contributed by atoms with Gasteiger partial charge in [0.25, 0.3) is 0 Å². The van der Waals surface area contributed by atoms with Crippen LogP contribution in [0.3, 0.4) is 0 Å². The summed E-state index contributed by atoms with van der Waals surface area (Å²) in [5.74, 6) is 0.496. The van der Waals surface area contributed by atoms with E-state index in [-0.39, 0.29) is 5.54 Å². The van der Waals surface area contributed by atoms with E-state index in [9.17, 15) is 0 Å². The van der Waals surface area contributed by atoms with Gasteiger partial charge in [0.1, 0.15) is 0 Å². The van der Waals surface area contributed by atoms with Crippen molar-refractivity contribution in [2.24, 2.45) is 0 Å². The minimum atomic E-state index is 0.00680. The third-order valence-electron chi connectivity index (χ3n) is 3.18. The maximum Gasteiger partial charge on any atom is 0.0694 e. The molecule has 1 aliphatic heterocycles. The van der Waals surface area contributed by atoms with Crippen LogP contribution in [-0.2, 0) is 10.6 Å². The summed E-state index contributed by atoms with van der Waals surface area (Å²) in [7, 11) is 0. The van der Waals surface area contributed by atoms with Gasteiger partial charge in [0.2, 0.25) is 0 Å². The van der Waals surface area contributed by atoms with E-state index in [1.807, 2.05) is 13.1 Å². The first-order chi connectivity index (χ1) is 8.04. The van der Waals surface area contributed by atoms with Gasteiger partial charge in [-0.2, -0.15) is 0 Å². The molecule has 4 heteroatoms. The van der Waals surface area contributed by atoms with Gasteiger partial charge >= 0.3 is 0 Å². The van der Waals surface area contributed by atoms with Crippen LogP contribution < -0.4 is 4.90 Å². The van der Waals surface area contributed by atoms with E-state index in [4.69, 9.17) is 16.3 Å². The second-order valence-corrected chi connectivity index (χ2v) is 5.37. The second-order valence-electron chi connectivity index (χ2n) is 5.10. The molecule has 0 unspecified atom stereocenters. The highest BCUT2D eigenvalue weighted by Gasteiger charge is 2.31. The lowest BCUT2D eigenvalue weighted by Crippen LogP contribution is -2.53. The third-order valence-corrected chi connectivity index (χ3v) is 3.47. The molecule has 0 saturated carbocycles. The van der Waals surface area contributed by atoms with Crippen LogP contribution in [0.25, 0.3) is 0 Å². The van der Waals surface area contributed by atoms with Crippen LogP contribution in [0.2, 0.25) is 0 Å². The molecule has 1 aromatic heterocycles. The molecule has 1 aromatic rings. The van der Waals surface area contributed by atoms with Crippen molar-refractivity contribution >= 4 is 17.3 Å². The Labute approximate surface area is 108 Å². The van der Waals surface area contributed by atoms with Gasteiger partial charge in [0.05, 0.1) is 24.6 Å². The molecule has 0 aliphatic carbocycles. The Kier molecular flexibility index (Phi) is 3.59. The predicted octanol–water partition coefficient (Wildman–Crippen LogP) is 2.74. The number of aromatic nitrogens is 1. The molecular formula is C13H19ClN2O. The molecule has 17 heavy (non-hydrogen) atoms. The fraction of sp³-hybridized carbons (Fsp3) is 0.615. The molecule has 0 atom stereocenters. The summed E-state index contributed by atoms with van der Waals surface area (Å²) < 4.78 is 5.55. The van der Waals surface area contributed by atoms with Crippen LogP contribution in [-0.4, -0.2) is 30.3 Å². The number of pyridine rings is 1. The van der Waals surface area contributed by atoms with Crippen molar-refractivity contribution in [1.29, 1.82) is 0 Å². The zero-order chi connectivity index (χ0) is 12.5. The van der Waals surface area contributed by atoms with Crippen molar-refractivity contribution in [1.82, 2.24) is 4.98 Å². The average Bonchev–Trinajstić information content (AvgIpc) is 2.28. The maximum absolute atomic E-state index is 6.00. The Hall–Kier alpha value is -0.800. The van der Waals surface area contributed by atoms with Gasteiger partial charge in [0, 0.05) is 29.7 Å². The standard InChI is InChI=1S/C13H19ClN2O/c1-10-6-12(11(7-14)8-15-10)16-4-5-17-9-13(16,2)3/h6,8H,4-5,7,9H2,1-3H3. The quantitative estimate of drug-likeness (QED) is 0.759. The minimum absolute atomic E-state index is 0.00680. The summed E-state index contributed by atoms with van der Waals surface area (Å²) in [6.07, 6.45) is 1.88. The molecule has 3 nitrogen and oxygen atoms in total. The van der Waals surface area contributed by atoms with E-state index in [0.717, 1.165) is 31.0 Å². The highest BCUT2D eigenvalue weighted by molar-refractivity contribution is 6.17. The van der Waals surface area contributed by atoms with Crippen molar-refractivity contribution in [3.63, 3.8) is 0 Å². The van der Waals surface area contributed by atoms with Crippen molar-refractivity contribution in [3.05, 3.63) is 23.5 Å². The first-order valence-corrected chi connectivity index (χ1v) is 6.45. The van der Waals surface area contributed by atoms with E-state index >= 15 is 0 Å². The molecule has 1 saturated heterocycles. The number of morpholine rings is 1. The normalized spacial score (nSPS) is 19.4. The first-order valence-electron chi connectivity index (χ1n) is 5.91. The largest absolute Gasteiger partial charge is 0.377 e. The van der Waals surface area contributed by atoms with Gasteiger partial charge in [-0.05, 0) is 26.8 Å². The van der Waals surface area contributed by atoms with Crippen LogP contribution in [0, 0.1) is 6.92 Å². The van der Waals surface area contributed by atoms with Crippen LogP contribution in [0.15, 0.2) is 12.3 Å². The van der Waals surface area contributed by atoms with Crippen LogP contribution in [0.1, 0.15) is 25.1 Å². The average molecular weight is 255 g/mol. The molecule has 0 radical (unpaired) electrons. The van der Waals surface area contributed by atoms with Crippen LogP contribution >= 0.6 is 11.6 Å². The second kappa shape index (κ2) is 4.83. The highest BCUT2D eigenvalue weighted by atomic mass is 35.5. The van der Waals surface area contributed by atoms with Gasteiger partial charge < -0.3 is 9.64 Å². The number of aryl methyl sites for hydroxylation is 1. The van der Waals surface area contributed by atoms with E-state index < -0.39 is 0 Å². The number of hydrogen-bond acceptors (Lipinski definition) is 3. The van der Waals surface area contributed by atoms with Crippen molar-refractivity contribution in [3.8, 4) is 0 Å². The van der Waals surface area contributed by atoms with Crippen molar-refractivity contribution in [2.75, 3.05) is 24.7 Å². The molecule has 2 heterocycles. The van der Waals surface area contributed by atoms with E-state index in [1.165, 1.54) is 5.69 Å². The third kappa shape index (κ3) is 2.55. The van der Waals surface area contributed by atoms with Gasteiger partial charge in [-0.15, -0.1) is 11.6 Å². The number of ether oxygens (including phenoxy) is 1. The summed E-state index contributed by atoms with van der Waals surface area (Å²) in [6.45, 7) is 8.82. The Morgan fingerprint density at radius 2 is 2.29 bits per heavy atom. The van der Waals surface area contributed by atoms with Crippen LogP contribution in [0.5, 0.6) is 0 Å². The summed E-state index contributed by atoms with van der Waals surface area (Å²) in [4.78, 5) is 6.69. The molecule has 1 aliphatic rings. The van der Waals surface area contributed by atoms with E-state index in [0.29, 0.717) is 5.88 Å². The fourth-order valence-corrected chi connectivity index (χ4v) is 2.44. The molecule has 2 rings (SSSR count). The molecule has 0 spiro atoms. The van der Waals surface area contributed by atoms with Crippen molar-refractivity contribution < 1.29 is 4.74 Å². The molecule has 0 bridgehead atoms. The lowest BCUT2D eigenvalue weighted by Gasteiger charge is -2.44. The Morgan fingerprint density at radius 1 is 1.53 bits per heavy atom. The summed E-state index contributed by atoms with van der Waals surface area (Å²) in [5.41, 5.74) is 3.32. The molecule has 0 amide bonds. The summed E-state index contributed by atoms with van der Waals surface area (Å²) in [5, 5.41) is 0. The van der Waals surface area contributed by atoms with Gasteiger partial charge in [-0.1, -0.05) is 0 Å². The Morgan fingerprint density at radius 3 is 2.94 bits per heavy atom. The SMILES string of the molecule is Cc1cc(N2CCOCC2(C)C)c(CCl)cn1. The zero-order valence-electron chi connectivity index (χ0n) is 10.7. The first kappa shape index (κ1) is 12.7. The highest BCUT2D eigenvalue weighted by Crippen LogP contribution is 2.30. The molecule has 0 aromatic carbocycles. The summed E-state index contributed by atoms with van der Waals surface area (Å²) >= 11 is 6.00. The molecule has 94 valence electrons. The molecule has 0 N–H and O–H groups in total. The lowest BCUT2D eigenvalue weighted by atomic mass is 10.0. The monoisotopic (exact) mass is 254 g/mol. The van der Waals surface area contributed by atoms with Crippen LogP contribution in [0.4, 0.5) is 5.69 Å². The Balaban J connectivity index is 2.40. The number of hydrogen-bond donors (Lipinski definition) is 0. The number of nitrogens with zero attached hydrogens (tertiary/aromatic N) is 2. The number of rotatable bonds is 2. The topological polar surface area (TPSA) is 25.4 Å². The summed E-state index contributed by atoms with van der Waals surface area (Å²) in [6, 6.07) is 2.12. The minimum Gasteiger partial charge on any atom is -0.377 e. The van der Waals surface area contributed by atoms with Gasteiger partial charge in [0.15, 0.2) is 0 Å². The smallest absolute Gasteiger partial charge is 0.0694 e. The number of anilines is 1. The van der Waals surface area contributed by atoms with Gasteiger partial charge in [-0.25, -0.2) is 0 Å². The van der Waals surface area contributed by atoms with Crippen molar-refractivity contribution in [2.45, 2.75) is 32.2 Å². The predicted molar refractivity (Wildman–Crippen MR) is 70.8 cm³/mol.